The minimum atomic E-state index is -0.540. The lowest BCUT2D eigenvalue weighted by molar-refractivity contribution is -0.134. The van der Waals surface area contributed by atoms with E-state index in [0.29, 0.717) is 19.4 Å². The average Bonchev–Trinajstić information content (AvgIpc) is 2.71. The van der Waals surface area contributed by atoms with Gasteiger partial charge in [0.1, 0.15) is 0 Å². The molecule has 19 heavy (non-hydrogen) atoms. The average molecular weight is 262 g/mol. The summed E-state index contributed by atoms with van der Waals surface area (Å²) in [6.07, 6.45) is 0.526. The highest BCUT2D eigenvalue weighted by Gasteiger charge is 2.35. The first kappa shape index (κ1) is 14.0. The summed E-state index contributed by atoms with van der Waals surface area (Å²) in [4.78, 5) is 14.0. The van der Waals surface area contributed by atoms with Crippen LogP contribution in [0.2, 0.25) is 0 Å². The van der Waals surface area contributed by atoms with Gasteiger partial charge in [0, 0.05) is 25.6 Å². The number of rotatable bonds is 3. The third-order valence-electron chi connectivity index (χ3n) is 3.84. The van der Waals surface area contributed by atoms with Crippen molar-refractivity contribution in [1.82, 2.24) is 4.90 Å². The predicted octanol–water partition coefficient (Wildman–Crippen LogP) is 1.05. The third-order valence-corrected chi connectivity index (χ3v) is 3.84. The zero-order valence-electron chi connectivity index (χ0n) is 11.5. The third kappa shape index (κ3) is 3.33. The quantitative estimate of drug-likeness (QED) is 0.855. The summed E-state index contributed by atoms with van der Waals surface area (Å²) in [5, 5.41) is 9.62. The van der Waals surface area contributed by atoms with Gasteiger partial charge in [0.15, 0.2) is 0 Å². The largest absolute Gasteiger partial charge is 0.391 e. The van der Waals surface area contributed by atoms with Gasteiger partial charge in [-0.15, -0.1) is 0 Å². The van der Waals surface area contributed by atoms with E-state index in [-0.39, 0.29) is 17.9 Å². The highest BCUT2D eigenvalue weighted by Crippen LogP contribution is 2.26. The second-order valence-corrected chi connectivity index (χ2v) is 5.58. The van der Waals surface area contributed by atoms with E-state index in [2.05, 4.69) is 0 Å². The van der Waals surface area contributed by atoms with Crippen LogP contribution < -0.4 is 5.73 Å². The molecule has 0 heterocycles. The van der Waals surface area contributed by atoms with Gasteiger partial charge in [-0.2, -0.15) is 0 Å². The van der Waals surface area contributed by atoms with E-state index in [9.17, 15) is 9.90 Å². The Bertz CT molecular complexity index is 434. The summed E-state index contributed by atoms with van der Waals surface area (Å²) in [7, 11) is 1.80. The van der Waals surface area contributed by atoms with Crippen molar-refractivity contribution in [2.45, 2.75) is 38.5 Å². The summed E-state index contributed by atoms with van der Waals surface area (Å²) < 4.78 is 0. The first-order chi connectivity index (χ1) is 8.97. The smallest absolute Gasteiger partial charge is 0.225 e. The number of hydrogen-bond donors (Lipinski definition) is 2. The molecule has 1 aromatic rings. The molecule has 2 rings (SSSR count). The highest BCUT2D eigenvalue weighted by molar-refractivity contribution is 5.79. The SMILES string of the molecule is Cc1ccc(CN(C)C(=O)[C@H]2C[C@H](N)[C@@H](O)C2)cc1. The molecule has 1 fully saturated rings. The minimum Gasteiger partial charge on any atom is -0.391 e. The van der Waals surface area contributed by atoms with Crippen molar-refractivity contribution in [3.8, 4) is 0 Å². The van der Waals surface area contributed by atoms with Gasteiger partial charge in [-0.05, 0) is 25.3 Å². The summed E-state index contributed by atoms with van der Waals surface area (Å²) in [5.74, 6) is -0.0620. The van der Waals surface area contributed by atoms with E-state index in [1.165, 1.54) is 5.56 Å². The molecular formula is C15H22N2O2. The Hall–Kier alpha value is -1.39. The molecule has 1 aliphatic carbocycles. The van der Waals surface area contributed by atoms with Crippen LogP contribution in [0.1, 0.15) is 24.0 Å². The molecule has 1 amide bonds. The van der Waals surface area contributed by atoms with Crippen LogP contribution >= 0.6 is 0 Å². The monoisotopic (exact) mass is 262 g/mol. The van der Waals surface area contributed by atoms with E-state index in [0.717, 1.165) is 5.56 Å². The molecule has 1 saturated carbocycles. The molecular weight excluding hydrogens is 240 g/mol. The lowest BCUT2D eigenvalue weighted by Crippen LogP contribution is -2.32. The predicted molar refractivity (Wildman–Crippen MR) is 74.4 cm³/mol. The molecule has 0 spiro atoms. The van der Waals surface area contributed by atoms with Gasteiger partial charge < -0.3 is 15.7 Å². The number of nitrogens with two attached hydrogens (primary N) is 1. The van der Waals surface area contributed by atoms with Crippen LogP contribution in [-0.4, -0.2) is 35.1 Å². The number of aliphatic hydroxyl groups is 1. The summed E-state index contributed by atoms with van der Waals surface area (Å²) in [6, 6.07) is 7.90. The number of amides is 1. The summed E-state index contributed by atoms with van der Waals surface area (Å²) in [6.45, 7) is 2.64. The van der Waals surface area contributed by atoms with E-state index < -0.39 is 6.10 Å². The van der Waals surface area contributed by atoms with Crippen LogP contribution in [0.5, 0.6) is 0 Å². The van der Waals surface area contributed by atoms with E-state index in [1.54, 1.807) is 11.9 Å². The Labute approximate surface area is 114 Å². The molecule has 0 saturated heterocycles. The van der Waals surface area contributed by atoms with Crippen LogP contribution in [0.3, 0.4) is 0 Å². The number of aryl methyl sites for hydroxylation is 1. The number of benzene rings is 1. The maximum Gasteiger partial charge on any atom is 0.225 e. The number of hydrogen-bond acceptors (Lipinski definition) is 3. The van der Waals surface area contributed by atoms with Crippen LogP contribution in [0.25, 0.3) is 0 Å². The fourth-order valence-electron chi connectivity index (χ4n) is 2.61. The van der Waals surface area contributed by atoms with Gasteiger partial charge in [-0.25, -0.2) is 0 Å². The highest BCUT2D eigenvalue weighted by atomic mass is 16.3. The van der Waals surface area contributed by atoms with Gasteiger partial charge in [0.05, 0.1) is 6.10 Å². The Kier molecular flexibility index (Phi) is 4.22. The van der Waals surface area contributed by atoms with Crippen LogP contribution in [0.4, 0.5) is 0 Å². The lowest BCUT2D eigenvalue weighted by atomic mass is 10.1. The van der Waals surface area contributed by atoms with Crippen LogP contribution in [0, 0.1) is 12.8 Å². The van der Waals surface area contributed by atoms with Gasteiger partial charge in [0.2, 0.25) is 5.91 Å². The standard InChI is InChI=1S/C15H22N2O2/c1-10-3-5-11(6-4-10)9-17(2)15(19)12-7-13(16)14(18)8-12/h3-6,12-14,18H,7-9,16H2,1-2H3/t12-,13-,14-/m0/s1. The molecule has 0 aliphatic heterocycles. The Morgan fingerprint density at radius 1 is 1.37 bits per heavy atom. The maximum atomic E-state index is 12.3. The van der Waals surface area contributed by atoms with Crippen molar-refractivity contribution in [3.63, 3.8) is 0 Å². The molecule has 4 heteroatoms. The molecule has 0 radical (unpaired) electrons. The van der Waals surface area contributed by atoms with Crippen molar-refractivity contribution in [2.75, 3.05) is 7.05 Å². The second-order valence-electron chi connectivity index (χ2n) is 5.58. The molecule has 3 N–H and O–H groups in total. The topological polar surface area (TPSA) is 66.6 Å². The molecule has 104 valence electrons. The molecule has 1 aliphatic rings. The number of nitrogens with zero attached hydrogens (tertiary/aromatic N) is 1. The van der Waals surface area contributed by atoms with Crippen molar-refractivity contribution in [3.05, 3.63) is 35.4 Å². The zero-order valence-corrected chi connectivity index (χ0v) is 11.5. The van der Waals surface area contributed by atoms with E-state index >= 15 is 0 Å². The number of carbonyl (C=O) groups excluding carboxylic acids is 1. The minimum absolute atomic E-state index is 0.0765. The van der Waals surface area contributed by atoms with Crippen molar-refractivity contribution >= 4 is 5.91 Å². The Morgan fingerprint density at radius 2 is 2.00 bits per heavy atom. The number of carbonyl (C=O) groups is 1. The maximum absolute atomic E-state index is 12.3. The van der Waals surface area contributed by atoms with Gasteiger partial charge >= 0.3 is 0 Å². The van der Waals surface area contributed by atoms with Gasteiger partial charge in [0.25, 0.3) is 0 Å². The molecule has 3 atom stereocenters. The van der Waals surface area contributed by atoms with Crippen LogP contribution in [0.15, 0.2) is 24.3 Å². The lowest BCUT2D eigenvalue weighted by Gasteiger charge is -2.21. The molecule has 0 unspecified atom stereocenters. The van der Waals surface area contributed by atoms with Gasteiger partial charge in [-0.1, -0.05) is 29.8 Å². The fraction of sp³-hybridized carbons (Fsp3) is 0.533. The van der Waals surface area contributed by atoms with Crippen LogP contribution in [-0.2, 0) is 11.3 Å². The molecule has 0 aromatic heterocycles. The van der Waals surface area contributed by atoms with Crippen molar-refractivity contribution < 1.29 is 9.90 Å². The zero-order chi connectivity index (χ0) is 14.0. The number of aliphatic hydroxyl groups excluding tert-OH is 1. The van der Waals surface area contributed by atoms with Crippen molar-refractivity contribution in [1.29, 1.82) is 0 Å². The molecule has 0 bridgehead atoms. The summed E-state index contributed by atoms with van der Waals surface area (Å²) >= 11 is 0. The Balaban J connectivity index is 1.94. The first-order valence-corrected chi connectivity index (χ1v) is 6.71. The summed E-state index contributed by atoms with van der Waals surface area (Å²) in [5.41, 5.74) is 8.08. The van der Waals surface area contributed by atoms with E-state index in [4.69, 9.17) is 5.73 Å². The van der Waals surface area contributed by atoms with E-state index in [1.807, 2.05) is 31.2 Å². The molecule has 4 nitrogen and oxygen atoms in total. The fourth-order valence-corrected chi connectivity index (χ4v) is 2.61. The second kappa shape index (κ2) is 5.72. The van der Waals surface area contributed by atoms with Crippen molar-refractivity contribution in [2.24, 2.45) is 11.7 Å². The first-order valence-electron chi connectivity index (χ1n) is 6.71. The van der Waals surface area contributed by atoms with Gasteiger partial charge in [-0.3, -0.25) is 4.79 Å². The normalized spacial score (nSPS) is 26.4. The Morgan fingerprint density at radius 3 is 2.53 bits per heavy atom. The molecule has 1 aromatic carbocycles.